The molecule has 0 amide bonds. The predicted octanol–water partition coefficient (Wildman–Crippen LogP) is -1.71. The third-order valence-electron chi connectivity index (χ3n) is 2.39. The zero-order chi connectivity index (χ0) is 10.8. The van der Waals surface area contributed by atoms with Gasteiger partial charge in [0, 0.05) is 26.2 Å². The van der Waals surface area contributed by atoms with Crippen molar-refractivity contribution in [3.05, 3.63) is 11.3 Å². The first-order valence-corrected chi connectivity index (χ1v) is 4.79. The van der Waals surface area contributed by atoms with Crippen molar-refractivity contribution >= 4 is 17.6 Å². The maximum Gasteiger partial charge on any atom is 0.346 e. The molecule has 0 spiro atoms. The van der Waals surface area contributed by atoms with Gasteiger partial charge in [0.25, 0.3) is 0 Å². The second-order valence-corrected chi connectivity index (χ2v) is 3.43. The molecular formula is C8H14N6O. The van der Waals surface area contributed by atoms with E-state index in [-0.39, 0.29) is 11.8 Å². The molecule has 0 aliphatic carbocycles. The molecule has 0 unspecified atom stereocenters. The number of piperazine rings is 1. The van der Waals surface area contributed by atoms with Gasteiger partial charge in [-0.2, -0.15) is 0 Å². The van der Waals surface area contributed by atoms with Crippen LogP contribution in [0.3, 0.4) is 0 Å². The minimum atomic E-state index is -0.108. The monoisotopic (exact) mass is 210 g/mol. The van der Waals surface area contributed by atoms with Crippen LogP contribution in [-0.4, -0.2) is 31.2 Å². The maximum absolute atomic E-state index is 11.2. The minimum Gasteiger partial charge on any atom is -0.754 e. The Labute approximate surface area is 87.3 Å². The highest BCUT2D eigenvalue weighted by molar-refractivity contribution is 5.47. The van der Waals surface area contributed by atoms with E-state index in [1.54, 1.807) is 6.07 Å². The van der Waals surface area contributed by atoms with Crippen LogP contribution in [0.4, 0.5) is 17.6 Å². The zero-order valence-electron chi connectivity index (χ0n) is 8.31. The lowest BCUT2D eigenvalue weighted by molar-refractivity contribution is -0.576. The molecule has 0 aromatic carbocycles. The summed E-state index contributed by atoms with van der Waals surface area (Å²) < 4.78 is 0.422. The molecule has 0 radical (unpaired) electrons. The van der Waals surface area contributed by atoms with Gasteiger partial charge in [-0.15, -0.1) is 0 Å². The first kappa shape index (κ1) is 9.78. The highest BCUT2D eigenvalue weighted by Crippen LogP contribution is 2.13. The van der Waals surface area contributed by atoms with Gasteiger partial charge in [0.05, 0.1) is 6.07 Å². The Hall–Kier alpha value is -1.76. The quantitative estimate of drug-likeness (QED) is 0.376. The summed E-state index contributed by atoms with van der Waals surface area (Å²) in [6.07, 6.45) is 0. The molecule has 1 aromatic rings. The number of aromatic nitrogens is 2. The van der Waals surface area contributed by atoms with Crippen molar-refractivity contribution in [2.24, 2.45) is 0 Å². The minimum absolute atomic E-state index is 0.0797. The molecule has 1 aliphatic rings. The molecule has 82 valence electrons. The molecular weight excluding hydrogens is 196 g/mol. The molecule has 1 saturated heterocycles. The van der Waals surface area contributed by atoms with Crippen LogP contribution in [0.25, 0.3) is 0 Å². The topological polar surface area (TPSA) is 107 Å². The van der Waals surface area contributed by atoms with E-state index < -0.39 is 0 Å². The molecule has 7 nitrogen and oxygen atoms in total. The largest absolute Gasteiger partial charge is 0.754 e. The second-order valence-electron chi connectivity index (χ2n) is 3.43. The Morgan fingerprint density at radius 2 is 2.07 bits per heavy atom. The van der Waals surface area contributed by atoms with Gasteiger partial charge in [0.1, 0.15) is 0 Å². The third kappa shape index (κ3) is 1.86. The Balaban J connectivity index is 2.27. The van der Waals surface area contributed by atoms with Crippen molar-refractivity contribution < 1.29 is 4.73 Å². The first-order valence-electron chi connectivity index (χ1n) is 4.79. The zero-order valence-corrected chi connectivity index (χ0v) is 8.31. The van der Waals surface area contributed by atoms with Crippen molar-refractivity contribution in [1.82, 2.24) is 10.3 Å². The maximum atomic E-state index is 11.2. The van der Waals surface area contributed by atoms with Gasteiger partial charge in [-0.1, -0.05) is 4.98 Å². The first-order chi connectivity index (χ1) is 7.18. The second kappa shape index (κ2) is 3.77. The van der Waals surface area contributed by atoms with Crippen molar-refractivity contribution in [2.45, 2.75) is 0 Å². The van der Waals surface area contributed by atoms with Crippen molar-refractivity contribution in [3.63, 3.8) is 0 Å². The number of nitrogens with zero attached hydrogens (tertiary/aromatic N) is 3. The lowest BCUT2D eigenvalue weighted by atomic mass is 10.3. The molecule has 0 atom stereocenters. The average molecular weight is 210 g/mol. The van der Waals surface area contributed by atoms with Crippen molar-refractivity contribution in [1.29, 1.82) is 0 Å². The number of hydrogen-bond donors (Lipinski definition) is 3. The summed E-state index contributed by atoms with van der Waals surface area (Å²) in [7, 11) is 0. The Bertz CT molecular complexity index is 339. The molecule has 0 saturated carbocycles. The standard InChI is InChI=1S/C8H14N6O/c9-6-5-7(12-8(10)14(6)15)13-3-1-11-2-4-13/h5,11H,1-4,9H2,(H2,10,12). The summed E-state index contributed by atoms with van der Waals surface area (Å²) in [6, 6.07) is 1.55. The van der Waals surface area contributed by atoms with Crippen LogP contribution in [0, 0.1) is 5.21 Å². The van der Waals surface area contributed by atoms with E-state index in [4.69, 9.17) is 11.5 Å². The molecule has 2 rings (SSSR count). The van der Waals surface area contributed by atoms with Crippen molar-refractivity contribution in [2.75, 3.05) is 42.5 Å². The van der Waals surface area contributed by atoms with Gasteiger partial charge in [-0.3, -0.25) is 0 Å². The smallest absolute Gasteiger partial charge is 0.346 e. The number of rotatable bonds is 1. The fraction of sp³-hybridized carbons (Fsp3) is 0.500. The van der Waals surface area contributed by atoms with Crippen LogP contribution in [-0.2, 0) is 0 Å². The van der Waals surface area contributed by atoms with E-state index in [1.807, 2.05) is 4.90 Å². The van der Waals surface area contributed by atoms with Gasteiger partial charge in [0.15, 0.2) is 11.6 Å². The van der Waals surface area contributed by atoms with E-state index >= 15 is 0 Å². The summed E-state index contributed by atoms with van der Waals surface area (Å²) in [5.41, 5.74) is 11.0. The average Bonchev–Trinajstić information content (AvgIpc) is 2.26. The van der Waals surface area contributed by atoms with Crippen LogP contribution in [0.2, 0.25) is 0 Å². The fourth-order valence-electron chi connectivity index (χ4n) is 1.57. The molecule has 1 aliphatic heterocycles. The van der Waals surface area contributed by atoms with Crippen LogP contribution >= 0.6 is 0 Å². The Kier molecular flexibility index (Phi) is 2.46. The number of nitrogens with one attached hydrogen (secondary N) is 1. The summed E-state index contributed by atoms with van der Waals surface area (Å²) in [5, 5.41) is 14.4. The van der Waals surface area contributed by atoms with E-state index in [0.29, 0.717) is 10.5 Å². The molecule has 2 heterocycles. The molecule has 5 N–H and O–H groups in total. The Morgan fingerprint density at radius 3 is 2.67 bits per heavy atom. The summed E-state index contributed by atoms with van der Waals surface area (Å²) in [4.78, 5) is 6.05. The van der Waals surface area contributed by atoms with E-state index in [0.717, 1.165) is 26.2 Å². The molecule has 1 fully saturated rings. The highest BCUT2D eigenvalue weighted by Gasteiger charge is 2.16. The summed E-state index contributed by atoms with van der Waals surface area (Å²) in [5.74, 6) is 0.637. The number of hydrogen-bond acceptors (Lipinski definition) is 6. The fourth-order valence-corrected chi connectivity index (χ4v) is 1.57. The lowest BCUT2D eigenvalue weighted by Gasteiger charge is -2.27. The van der Waals surface area contributed by atoms with Crippen LogP contribution in [0.1, 0.15) is 0 Å². The number of nitrogen functional groups attached to an aromatic ring is 2. The molecule has 15 heavy (non-hydrogen) atoms. The lowest BCUT2D eigenvalue weighted by Crippen LogP contribution is -2.45. The summed E-state index contributed by atoms with van der Waals surface area (Å²) >= 11 is 0. The normalized spacial score (nSPS) is 16.7. The van der Waals surface area contributed by atoms with E-state index in [1.165, 1.54) is 0 Å². The van der Waals surface area contributed by atoms with Crippen LogP contribution in [0.15, 0.2) is 6.07 Å². The van der Waals surface area contributed by atoms with Crippen LogP contribution < -0.4 is 26.4 Å². The van der Waals surface area contributed by atoms with Gasteiger partial charge in [-0.25, -0.2) is 4.73 Å². The number of nitrogens with two attached hydrogens (primary N) is 2. The number of anilines is 3. The third-order valence-corrected chi connectivity index (χ3v) is 2.39. The van der Waals surface area contributed by atoms with E-state index in [2.05, 4.69) is 10.3 Å². The van der Waals surface area contributed by atoms with Crippen molar-refractivity contribution in [3.8, 4) is 0 Å². The van der Waals surface area contributed by atoms with Crippen LogP contribution in [0.5, 0.6) is 0 Å². The highest BCUT2D eigenvalue weighted by atomic mass is 16.5. The van der Waals surface area contributed by atoms with E-state index in [9.17, 15) is 5.21 Å². The molecule has 7 heteroatoms. The molecule has 0 bridgehead atoms. The molecule has 1 aromatic heterocycles. The van der Waals surface area contributed by atoms with Gasteiger partial charge in [0.2, 0.25) is 0 Å². The summed E-state index contributed by atoms with van der Waals surface area (Å²) in [6.45, 7) is 3.48. The Morgan fingerprint density at radius 1 is 1.40 bits per heavy atom. The van der Waals surface area contributed by atoms with Gasteiger partial charge >= 0.3 is 5.95 Å². The van der Waals surface area contributed by atoms with Gasteiger partial charge in [-0.05, 0) is 0 Å². The van der Waals surface area contributed by atoms with Gasteiger partial charge < -0.3 is 26.9 Å². The SMILES string of the molecule is Nc1cc(N2CCNCC2)nc(N)[n+]1[O-]. The predicted molar refractivity (Wildman–Crippen MR) is 57.1 cm³/mol.